The quantitative estimate of drug-likeness (QED) is 0.650. The van der Waals surface area contributed by atoms with Gasteiger partial charge in [-0.3, -0.25) is 0 Å². The number of likely N-dealkylation sites (tertiary alicyclic amines) is 1. The average Bonchev–Trinajstić information content (AvgIpc) is 2.64. The molecular weight excluding hydrogens is 202 g/mol. The first-order chi connectivity index (χ1) is 7.66. The first kappa shape index (κ1) is 9.97. The van der Waals surface area contributed by atoms with E-state index in [0.29, 0.717) is 12.0 Å². The normalized spacial score (nSPS) is 28.8. The van der Waals surface area contributed by atoms with Crippen molar-refractivity contribution in [2.75, 3.05) is 13.6 Å². The van der Waals surface area contributed by atoms with Crippen molar-refractivity contribution in [1.82, 2.24) is 4.90 Å². The van der Waals surface area contributed by atoms with Gasteiger partial charge in [0.2, 0.25) is 0 Å². The molecule has 1 aliphatic carbocycles. The van der Waals surface area contributed by atoms with Crippen molar-refractivity contribution in [2.45, 2.75) is 25.3 Å². The van der Waals surface area contributed by atoms with E-state index in [2.05, 4.69) is 11.9 Å². The molecule has 1 aromatic carbocycles. The van der Waals surface area contributed by atoms with Gasteiger partial charge in [-0.25, -0.2) is 0 Å². The molecule has 3 rings (SSSR count). The monoisotopic (exact) mass is 219 g/mol. The molecule has 0 saturated carbocycles. The van der Waals surface area contributed by atoms with Gasteiger partial charge in [0.05, 0.1) is 0 Å². The first-order valence-corrected chi connectivity index (χ1v) is 5.89. The molecule has 0 amide bonds. The minimum absolute atomic E-state index is 0.0172. The maximum absolute atomic E-state index is 9.87. The third kappa shape index (κ3) is 1.31. The van der Waals surface area contributed by atoms with Crippen LogP contribution in [0.1, 0.15) is 17.5 Å². The van der Waals surface area contributed by atoms with Crippen molar-refractivity contribution in [3.05, 3.63) is 23.3 Å². The minimum Gasteiger partial charge on any atom is -0.504 e. The Labute approximate surface area is 95.3 Å². The molecule has 2 N–H and O–H groups in total. The number of aromatic hydroxyl groups is 2. The van der Waals surface area contributed by atoms with E-state index in [1.54, 1.807) is 6.07 Å². The number of rotatable bonds is 0. The molecule has 86 valence electrons. The lowest BCUT2D eigenvalue weighted by molar-refractivity contribution is 0.256. The average molecular weight is 219 g/mol. The van der Waals surface area contributed by atoms with Gasteiger partial charge < -0.3 is 15.1 Å². The van der Waals surface area contributed by atoms with Gasteiger partial charge in [-0.15, -0.1) is 0 Å². The van der Waals surface area contributed by atoms with Crippen molar-refractivity contribution in [2.24, 2.45) is 5.92 Å². The van der Waals surface area contributed by atoms with Crippen LogP contribution in [-0.4, -0.2) is 34.7 Å². The van der Waals surface area contributed by atoms with Crippen LogP contribution >= 0.6 is 0 Å². The summed E-state index contributed by atoms with van der Waals surface area (Å²) in [6.45, 7) is 1.15. The summed E-state index contributed by atoms with van der Waals surface area (Å²) >= 11 is 0. The molecule has 1 aliphatic heterocycles. The molecule has 1 aromatic rings. The fourth-order valence-corrected chi connectivity index (χ4v) is 3.22. The van der Waals surface area contributed by atoms with Crippen molar-refractivity contribution in [3.8, 4) is 11.5 Å². The summed E-state index contributed by atoms with van der Waals surface area (Å²) in [5, 5.41) is 19.4. The summed E-state index contributed by atoms with van der Waals surface area (Å²) in [6, 6.07) is 4.17. The van der Waals surface area contributed by atoms with Crippen molar-refractivity contribution in [3.63, 3.8) is 0 Å². The predicted molar refractivity (Wildman–Crippen MR) is 61.7 cm³/mol. The fourth-order valence-electron chi connectivity index (χ4n) is 3.22. The van der Waals surface area contributed by atoms with Gasteiger partial charge in [-0.05, 0) is 50.4 Å². The van der Waals surface area contributed by atoms with Crippen LogP contribution in [-0.2, 0) is 12.8 Å². The zero-order valence-electron chi connectivity index (χ0n) is 9.48. The zero-order valence-corrected chi connectivity index (χ0v) is 9.48. The second kappa shape index (κ2) is 3.39. The van der Waals surface area contributed by atoms with E-state index in [1.165, 1.54) is 12.0 Å². The van der Waals surface area contributed by atoms with Crippen LogP contribution in [0.2, 0.25) is 0 Å². The van der Waals surface area contributed by atoms with E-state index in [4.69, 9.17) is 0 Å². The van der Waals surface area contributed by atoms with Crippen LogP contribution in [0.4, 0.5) is 0 Å². The van der Waals surface area contributed by atoms with Crippen molar-refractivity contribution < 1.29 is 10.2 Å². The zero-order chi connectivity index (χ0) is 11.3. The fraction of sp³-hybridized carbons (Fsp3) is 0.538. The number of hydrogen-bond acceptors (Lipinski definition) is 3. The Balaban J connectivity index is 2.02. The lowest BCUT2D eigenvalue weighted by atomic mass is 9.80. The number of phenolic OH excluding ortho intramolecular Hbond substituents is 2. The molecule has 1 heterocycles. The topological polar surface area (TPSA) is 43.7 Å². The summed E-state index contributed by atoms with van der Waals surface area (Å²) in [6.07, 6.45) is 3.12. The lowest BCUT2D eigenvalue weighted by Crippen LogP contribution is -2.35. The Hall–Kier alpha value is -1.22. The van der Waals surface area contributed by atoms with E-state index in [1.807, 2.05) is 6.07 Å². The Morgan fingerprint density at radius 3 is 2.88 bits per heavy atom. The molecule has 0 aromatic heterocycles. The third-order valence-corrected chi connectivity index (χ3v) is 4.22. The Morgan fingerprint density at radius 2 is 2.06 bits per heavy atom. The molecule has 2 aliphatic rings. The second-order valence-electron chi connectivity index (χ2n) is 5.08. The van der Waals surface area contributed by atoms with Gasteiger partial charge in [-0.2, -0.15) is 0 Å². The predicted octanol–water partition coefficient (Wildman–Crippen LogP) is 1.52. The summed E-state index contributed by atoms with van der Waals surface area (Å²) in [5.74, 6) is 0.763. The van der Waals surface area contributed by atoms with E-state index >= 15 is 0 Å². The molecule has 1 fully saturated rings. The highest BCUT2D eigenvalue weighted by Crippen LogP contribution is 2.41. The maximum Gasteiger partial charge on any atom is 0.160 e. The van der Waals surface area contributed by atoms with E-state index in [0.717, 1.165) is 24.9 Å². The first-order valence-electron chi connectivity index (χ1n) is 5.89. The smallest absolute Gasteiger partial charge is 0.160 e. The standard InChI is InChI=1S/C13H17NO2/c1-14-5-4-9-6-10-8(7-11(9)14)2-3-12(15)13(10)16/h2-3,9,11,15-16H,4-7H2,1H3. The van der Waals surface area contributed by atoms with Gasteiger partial charge in [0.15, 0.2) is 11.5 Å². The van der Waals surface area contributed by atoms with Crippen LogP contribution in [0.5, 0.6) is 11.5 Å². The van der Waals surface area contributed by atoms with Gasteiger partial charge in [-0.1, -0.05) is 6.07 Å². The van der Waals surface area contributed by atoms with Gasteiger partial charge in [0, 0.05) is 11.6 Å². The molecule has 3 nitrogen and oxygen atoms in total. The van der Waals surface area contributed by atoms with Crippen LogP contribution in [0.3, 0.4) is 0 Å². The highest BCUT2D eigenvalue weighted by Gasteiger charge is 2.37. The minimum atomic E-state index is 0.0172. The van der Waals surface area contributed by atoms with Crippen LogP contribution in [0.25, 0.3) is 0 Å². The van der Waals surface area contributed by atoms with Gasteiger partial charge in [0.1, 0.15) is 0 Å². The highest BCUT2D eigenvalue weighted by molar-refractivity contribution is 5.50. The highest BCUT2D eigenvalue weighted by atomic mass is 16.3. The number of fused-ring (bicyclic) bond motifs is 2. The number of benzene rings is 1. The molecular formula is C13H17NO2. The molecule has 0 bridgehead atoms. The summed E-state index contributed by atoms with van der Waals surface area (Å²) in [4.78, 5) is 2.41. The van der Waals surface area contributed by atoms with Crippen LogP contribution < -0.4 is 0 Å². The molecule has 0 radical (unpaired) electrons. The number of nitrogens with zero attached hydrogens (tertiary/aromatic N) is 1. The summed E-state index contributed by atoms with van der Waals surface area (Å²) in [5.41, 5.74) is 2.17. The SMILES string of the molecule is CN1CCC2Cc3c(ccc(O)c3O)CC21. The Kier molecular flexibility index (Phi) is 2.11. The Morgan fingerprint density at radius 1 is 1.25 bits per heavy atom. The van der Waals surface area contributed by atoms with Crippen LogP contribution in [0, 0.1) is 5.92 Å². The maximum atomic E-state index is 9.87. The molecule has 16 heavy (non-hydrogen) atoms. The molecule has 3 heteroatoms. The summed E-state index contributed by atoms with van der Waals surface area (Å²) < 4.78 is 0. The van der Waals surface area contributed by atoms with Crippen LogP contribution in [0.15, 0.2) is 12.1 Å². The molecule has 0 spiro atoms. The summed E-state index contributed by atoms with van der Waals surface area (Å²) in [7, 11) is 2.18. The van der Waals surface area contributed by atoms with Crippen molar-refractivity contribution in [1.29, 1.82) is 0 Å². The molecule has 2 atom stereocenters. The second-order valence-corrected chi connectivity index (χ2v) is 5.08. The molecule has 1 saturated heterocycles. The lowest BCUT2D eigenvalue weighted by Gasteiger charge is -2.31. The Bertz CT molecular complexity index is 430. The number of hydrogen-bond donors (Lipinski definition) is 2. The molecule has 2 unspecified atom stereocenters. The van der Waals surface area contributed by atoms with Crippen molar-refractivity contribution >= 4 is 0 Å². The van der Waals surface area contributed by atoms with E-state index in [-0.39, 0.29) is 11.5 Å². The number of phenols is 2. The van der Waals surface area contributed by atoms with Gasteiger partial charge >= 0.3 is 0 Å². The third-order valence-electron chi connectivity index (χ3n) is 4.22. The number of likely N-dealkylation sites (N-methyl/N-ethyl adjacent to an activating group) is 1. The van der Waals surface area contributed by atoms with E-state index < -0.39 is 0 Å². The van der Waals surface area contributed by atoms with E-state index in [9.17, 15) is 10.2 Å². The van der Waals surface area contributed by atoms with Gasteiger partial charge in [0.25, 0.3) is 0 Å². The largest absolute Gasteiger partial charge is 0.504 e.